The molecule has 1 aromatic rings. The van der Waals surface area contributed by atoms with Gasteiger partial charge in [0, 0.05) is 26.1 Å². The molecule has 0 aromatic heterocycles. The number of rotatable bonds is 5. The SMILES string of the molecule is CC1(CCc2ccccc2)CCN(C(=O)CCN)C1. The summed E-state index contributed by atoms with van der Waals surface area (Å²) in [5.41, 5.74) is 7.10. The lowest BCUT2D eigenvalue weighted by atomic mass is 9.83. The number of aryl methyl sites for hydroxylation is 1. The molecule has 3 heteroatoms. The predicted octanol–water partition coefficient (Wildman–Crippen LogP) is 2.21. The van der Waals surface area contributed by atoms with Crippen molar-refractivity contribution in [2.24, 2.45) is 11.1 Å². The molecule has 1 unspecified atom stereocenters. The fraction of sp³-hybridized carbons (Fsp3) is 0.562. The minimum absolute atomic E-state index is 0.214. The zero-order valence-electron chi connectivity index (χ0n) is 11.8. The lowest BCUT2D eigenvalue weighted by molar-refractivity contribution is -0.130. The minimum Gasteiger partial charge on any atom is -0.342 e. The number of carbonyl (C=O) groups excluding carboxylic acids is 1. The van der Waals surface area contributed by atoms with Crippen LogP contribution in [0.15, 0.2) is 30.3 Å². The fourth-order valence-corrected chi connectivity index (χ4v) is 2.81. The molecule has 2 rings (SSSR count). The van der Waals surface area contributed by atoms with Crippen LogP contribution in [0.5, 0.6) is 0 Å². The quantitative estimate of drug-likeness (QED) is 0.882. The largest absolute Gasteiger partial charge is 0.342 e. The van der Waals surface area contributed by atoms with Crippen molar-refractivity contribution in [3.8, 4) is 0 Å². The van der Waals surface area contributed by atoms with Gasteiger partial charge >= 0.3 is 0 Å². The number of nitrogens with zero attached hydrogens (tertiary/aromatic N) is 1. The molecule has 1 aliphatic rings. The van der Waals surface area contributed by atoms with Gasteiger partial charge in [-0.2, -0.15) is 0 Å². The third-order valence-electron chi connectivity index (χ3n) is 4.13. The van der Waals surface area contributed by atoms with Crippen LogP contribution in [0.2, 0.25) is 0 Å². The second kappa shape index (κ2) is 6.20. The topological polar surface area (TPSA) is 46.3 Å². The van der Waals surface area contributed by atoms with Gasteiger partial charge in [0.1, 0.15) is 0 Å². The predicted molar refractivity (Wildman–Crippen MR) is 77.7 cm³/mol. The monoisotopic (exact) mass is 260 g/mol. The fourth-order valence-electron chi connectivity index (χ4n) is 2.81. The van der Waals surface area contributed by atoms with E-state index in [1.807, 2.05) is 11.0 Å². The van der Waals surface area contributed by atoms with E-state index in [0.717, 1.165) is 32.4 Å². The summed E-state index contributed by atoms with van der Waals surface area (Å²) in [5, 5.41) is 0. The van der Waals surface area contributed by atoms with E-state index in [0.29, 0.717) is 13.0 Å². The van der Waals surface area contributed by atoms with Crippen molar-refractivity contribution in [3.05, 3.63) is 35.9 Å². The Labute approximate surface area is 115 Å². The highest BCUT2D eigenvalue weighted by Crippen LogP contribution is 2.34. The van der Waals surface area contributed by atoms with Crippen molar-refractivity contribution in [1.29, 1.82) is 0 Å². The first-order chi connectivity index (χ1) is 9.13. The maximum Gasteiger partial charge on any atom is 0.223 e. The van der Waals surface area contributed by atoms with Crippen molar-refractivity contribution in [2.75, 3.05) is 19.6 Å². The van der Waals surface area contributed by atoms with Crippen LogP contribution in [0.1, 0.15) is 31.7 Å². The van der Waals surface area contributed by atoms with Crippen LogP contribution >= 0.6 is 0 Å². The van der Waals surface area contributed by atoms with Gasteiger partial charge < -0.3 is 10.6 Å². The van der Waals surface area contributed by atoms with E-state index in [4.69, 9.17) is 5.73 Å². The number of carbonyl (C=O) groups is 1. The molecule has 1 saturated heterocycles. The molecule has 2 N–H and O–H groups in total. The normalized spacial score (nSPS) is 22.7. The Morgan fingerprint density at radius 1 is 1.37 bits per heavy atom. The molecule has 3 nitrogen and oxygen atoms in total. The molecule has 1 amide bonds. The molecule has 1 aliphatic heterocycles. The number of hydrogen-bond donors (Lipinski definition) is 1. The molecule has 0 radical (unpaired) electrons. The molecule has 0 bridgehead atoms. The van der Waals surface area contributed by atoms with Crippen LogP contribution < -0.4 is 5.73 Å². The van der Waals surface area contributed by atoms with Crippen molar-refractivity contribution in [3.63, 3.8) is 0 Å². The van der Waals surface area contributed by atoms with Gasteiger partial charge in [-0.15, -0.1) is 0 Å². The standard InChI is InChI=1S/C16H24N2O/c1-16(9-7-14-5-3-2-4-6-14)10-12-18(13-16)15(19)8-11-17/h2-6H,7-13,17H2,1H3. The van der Waals surface area contributed by atoms with Crippen LogP contribution in [0.25, 0.3) is 0 Å². The molecule has 0 saturated carbocycles. The Balaban J connectivity index is 1.85. The molecule has 1 fully saturated rings. The summed E-state index contributed by atoms with van der Waals surface area (Å²) < 4.78 is 0. The van der Waals surface area contributed by atoms with Crippen LogP contribution in [-0.2, 0) is 11.2 Å². The maximum absolute atomic E-state index is 11.9. The van der Waals surface area contributed by atoms with E-state index >= 15 is 0 Å². The van der Waals surface area contributed by atoms with Crippen molar-refractivity contribution < 1.29 is 4.79 Å². The first-order valence-corrected chi connectivity index (χ1v) is 7.15. The molecule has 1 atom stereocenters. The van der Waals surface area contributed by atoms with Crippen molar-refractivity contribution >= 4 is 5.91 Å². The third kappa shape index (κ3) is 3.80. The Morgan fingerprint density at radius 2 is 2.11 bits per heavy atom. The molecule has 0 aliphatic carbocycles. The number of benzene rings is 1. The Hall–Kier alpha value is -1.35. The van der Waals surface area contributed by atoms with E-state index in [-0.39, 0.29) is 11.3 Å². The third-order valence-corrected chi connectivity index (χ3v) is 4.13. The van der Waals surface area contributed by atoms with Crippen LogP contribution in [0.4, 0.5) is 0 Å². The van der Waals surface area contributed by atoms with Gasteiger partial charge in [-0.3, -0.25) is 4.79 Å². The zero-order valence-corrected chi connectivity index (χ0v) is 11.8. The number of amides is 1. The summed E-state index contributed by atoms with van der Waals surface area (Å²) in [6.45, 7) is 4.53. The van der Waals surface area contributed by atoms with Gasteiger partial charge in [0.05, 0.1) is 0 Å². The highest BCUT2D eigenvalue weighted by Gasteiger charge is 2.35. The average molecular weight is 260 g/mol. The molecule has 1 aromatic carbocycles. The Bertz CT molecular complexity index is 418. The Morgan fingerprint density at radius 3 is 2.79 bits per heavy atom. The van der Waals surface area contributed by atoms with Crippen LogP contribution in [0, 0.1) is 5.41 Å². The number of likely N-dealkylation sites (tertiary alicyclic amines) is 1. The van der Waals surface area contributed by atoms with Gasteiger partial charge in [0.15, 0.2) is 0 Å². The van der Waals surface area contributed by atoms with Gasteiger partial charge in [0.2, 0.25) is 5.91 Å². The summed E-state index contributed by atoms with van der Waals surface area (Å²) in [6.07, 6.45) is 3.82. The van der Waals surface area contributed by atoms with Crippen molar-refractivity contribution in [1.82, 2.24) is 4.90 Å². The molecule has 0 spiro atoms. The van der Waals surface area contributed by atoms with Gasteiger partial charge in [-0.1, -0.05) is 37.3 Å². The highest BCUT2D eigenvalue weighted by atomic mass is 16.2. The number of hydrogen-bond acceptors (Lipinski definition) is 2. The molecule has 104 valence electrons. The lowest BCUT2D eigenvalue weighted by Crippen LogP contribution is -2.32. The molecule has 1 heterocycles. The lowest BCUT2D eigenvalue weighted by Gasteiger charge is -2.24. The Kier molecular flexibility index (Phi) is 4.59. The van der Waals surface area contributed by atoms with Gasteiger partial charge in [-0.05, 0) is 30.2 Å². The maximum atomic E-state index is 11.9. The van der Waals surface area contributed by atoms with E-state index < -0.39 is 0 Å². The average Bonchev–Trinajstić information content (AvgIpc) is 2.81. The summed E-state index contributed by atoms with van der Waals surface area (Å²) >= 11 is 0. The minimum atomic E-state index is 0.214. The molecule has 19 heavy (non-hydrogen) atoms. The summed E-state index contributed by atoms with van der Waals surface area (Å²) in [6, 6.07) is 10.6. The van der Waals surface area contributed by atoms with E-state index in [2.05, 4.69) is 31.2 Å². The summed E-state index contributed by atoms with van der Waals surface area (Å²) in [7, 11) is 0. The van der Waals surface area contributed by atoms with Crippen LogP contribution in [-0.4, -0.2) is 30.4 Å². The van der Waals surface area contributed by atoms with Crippen LogP contribution in [0.3, 0.4) is 0 Å². The smallest absolute Gasteiger partial charge is 0.223 e. The summed E-state index contributed by atoms with van der Waals surface area (Å²) in [4.78, 5) is 13.8. The molecular weight excluding hydrogens is 236 g/mol. The molecular formula is C16H24N2O. The zero-order chi connectivity index (χ0) is 13.7. The highest BCUT2D eigenvalue weighted by molar-refractivity contribution is 5.76. The second-order valence-electron chi connectivity index (χ2n) is 5.90. The van der Waals surface area contributed by atoms with Gasteiger partial charge in [0.25, 0.3) is 0 Å². The van der Waals surface area contributed by atoms with Crippen molar-refractivity contribution in [2.45, 2.75) is 32.6 Å². The van der Waals surface area contributed by atoms with E-state index in [1.165, 1.54) is 5.56 Å². The first-order valence-electron chi connectivity index (χ1n) is 7.15. The second-order valence-corrected chi connectivity index (χ2v) is 5.90. The van der Waals surface area contributed by atoms with Gasteiger partial charge in [-0.25, -0.2) is 0 Å². The first kappa shape index (κ1) is 14.1. The van der Waals surface area contributed by atoms with E-state index in [1.54, 1.807) is 0 Å². The summed E-state index contributed by atoms with van der Waals surface area (Å²) in [5.74, 6) is 0.214. The van der Waals surface area contributed by atoms with E-state index in [9.17, 15) is 4.79 Å². The number of nitrogens with two attached hydrogens (primary N) is 1.